The fourth-order valence-corrected chi connectivity index (χ4v) is 1.83. The van der Waals surface area contributed by atoms with Gasteiger partial charge in [0.25, 0.3) is 0 Å². The molecule has 1 aliphatic carbocycles. The molecule has 2 nitrogen and oxygen atoms in total. The monoisotopic (exact) mass is 199 g/mol. The van der Waals surface area contributed by atoms with Gasteiger partial charge >= 0.3 is 0 Å². The van der Waals surface area contributed by atoms with Gasteiger partial charge in [0.15, 0.2) is 0 Å². The molecular weight excluding hydrogens is 174 g/mol. The molecule has 0 saturated heterocycles. The quantitative estimate of drug-likeness (QED) is 0.607. The SMILES string of the molecule is CCC(C)OCCCC[C@H]1CC1NC. The van der Waals surface area contributed by atoms with Crippen molar-refractivity contribution >= 4 is 0 Å². The van der Waals surface area contributed by atoms with Crippen LogP contribution in [0.25, 0.3) is 0 Å². The summed E-state index contributed by atoms with van der Waals surface area (Å²) in [6.07, 6.45) is 6.92. The molecule has 0 spiro atoms. The highest BCUT2D eigenvalue weighted by Crippen LogP contribution is 2.34. The van der Waals surface area contributed by atoms with Gasteiger partial charge in [0.05, 0.1) is 6.10 Å². The smallest absolute Gasteiger partial charge is 0.0544 e. The highest BCUT2D eigenvalue weighted by Gasteiger charge is 2.34. The van der Waals surface area contributed by atoms with Gasteiger partial charge < -0.3 is 10.1 Å². The molecule has 1 fully saturated rings. The first-order valence-corrected chi connectivity index (χ1v) is 6.06. The Morgan fingerprint density at radius 1 is 1.43 bits per heavy atom. The van der Waals surface area contributed by atoms with E-state index < -0.39 is 0 Å². The van der Waals surface area contributed by atoms with Crippen LogP contribution in [0.15, 0.2) is 0 Å². The van der Waals surface area contributed by atoms with E-state index in [2.05, 4.69) is 26.2 Å². The Morgan fingerprint density at radius 2 is 2.21 bits per heavy atom. The summed E-state index contributed by atoms with van der Waals surface area (Å²) < 4.78 is 5.63. The maximum Gasteiger partial charge on any atom is 0.0544 e. The van der Waals surface area contributed by atoms with Crippen LogP contribution in [0.4, 0.5) is 0 Å². The zero-order valence-corrected chi connectivity index (χ0v) is 9.88. The van der Waals surface area contributed by atoms with Crippen LogP contribution >= 0.6 is 0 Å². The van der Waals surface area contributed by atoms with Crippen molar-refractivity contribution in [3.05, 3.63) is 0 Å². The topological polar surface area (TPSA) is 21.3 Å². The van der Waals surface area contributed by atoms with E-state index in [9.17, 15) is 0 Å². The molecule has 2 heteroatoms. The maximum atomic E-state index is 5.63. The zero-order chi connectivity index (χ0) is 10.4. The Balaban J connectivity index is 1.81. The summed E-state index contributed by atoms with van der Waals surface area (Å²) in [5.41, 5.74) is 0. The van der Waals surface area contributed by atoms with Gasteiger partial charge in [-0.3, -0.25) is 0 Å². The van der Waals surface area contributed by atoms with E-state index in [1.165, 1.54) is 25.7 Å². The Bertz CT molecular complexity index is 149. The molecule has 0 radical (unpaired) electrons. The normalized spacial score (nSPS) is 27.6. The van der Waals surface area contributed by atoms with Crippen molar-refractivity contribution in [1.82, 2.24) is 5.32 Å². The number of unbranched alkanes of at least 4 members (excludes halogenated alkanes) is 1. The fraction of sp³-hybridized carbons (Fsp3) is 1.00. The predicted molar refractivity (Wildman–Crippen MR) is 60.5 cm³/mol. The molecule has 1 rings (SSSR count). The van der Waals surface area contributed by atoms with Gasteiger partial charge in [-0.2, -0.15) is 0 Å². The Hall–Kier alpha value is -0.0800. The van der Waals surface area contributed by atoms with E-state index in [-0.39, 0.29) is 0 Å². The summed E-state index contributed by atoms with van der Waals surface area (Å²) in [4.78, 5) is 0. The second-order valence-electron chi connectivity index (χ2n) is 4.48. The highest BCUT2D eigenvalue weighted by atomic mass is 16.5. The average Bonchev–Trinajstić information content (AvgIpc) is 2.95. The Labute approximate surface area is 88.4 Å². The lowest BCUT2D eigenvalue weighted by Gasteiger charge is -2.09. The number of hydrogen-bond donors (Lipinski definition) is 1. The lowest BCUT2D eigenvalue weighted by Crippen LogP contribution is -2.11. The van der Waals surface area contributed by atoms with E-state index in [0.29, 0.717) is 6.10 Å². The molecule has 0 bridgehead atoms. The van der Waals surface area contributed by atoms with Gasteiger partial charge in [-0.15, -0.1) is 0 Å². The molecule has 84 valence electrons. The number of rotatable bonds is 8. The molecule has 3 atom stereocenters. The summed E-state index contributed by atoms with van der Waals surface area (Å²) >= 11 is 0. The molecule has 2 unspecified atom stereocenters. The molecule has 1 N–H and O–H groups in total. The van der Waals surface area contributed by atoms with Gasteiger partial charge in [0.2, 0.25) is 0 Å². The molecule has 1 aliphatic rings. The molecule has 0 aromatic carbocycles. The molecule has 0 heterocycles. The Kier molecular flexibility index (Phi) is 5.49. The summed E-state index contributed by atoms with van der Waals surface area (Å²) in [5.74, 6) is 0.962. The highest BCUT2D eigenvalue weighted by molar-refractivity contribution is 4.91. The van der Waals surface area contributed by atoms with Crippen molar-refractivity contribution in [3.8, 4) is 0 Å². The molecule has 14 heavy (non-hydrogen) atoms. The summed E-state index contributed by atoms with van der Waals surface area (Å²) in [5, 5.41) is 3.33. The van der Waals surface area contributed by atoms with Crippen LogP contribution < -0.4 is 5.32 Å². The molecule has 0 aromatic heterocycles. The van der Waals surface area contributed by atoms with Gasteiger partial charge in [-0.05, 0) is 45.6 Å². The first kappa shape index (κ1) is 12.0. The van der Waals surface area contributed by atoms with Crippen molar-refractivity contribution in [1.29, 1.82) is 0 Å². The fourth-order valence-electron chi connectivity index (χ4n) is 1.83. The van der Waals surface area contributed by atoms with Gasteiger partial charge in [-0.1, -0.05) is 13.3 Å². The number of ether oxygens (including phenoxy) is 1. The van der Waals surface area contributed by atoms with E-state index in [1.807, 2.05) is 0 Å². The predicted octanol–water partition coefficient (Wildman–Crippen LogP) is 2.58. The molecular formula is C12H25NO. The van der Waals surface area contributed by atoms with Gasteiger partial charge in [0, 0.05) is 12.6 Å². The van der Waals surface area contributed by atoms with Gasteiger partial charge in [0.1, 0.15) is 0 Å². The van der Waals surface area contributed by atoms with Crippen LogP contribution in [0, 0.1) is 5.92 Å². The van der Waals surface area contributed by atoms with Crippen LogP contribution in [-0.4, -0.2) is 25.8 Å². The van der Waals surface area contributed by atoms with Crippen LogP contribution in [0.5, 0.6) is 0 Å². The van der Waals surface area contributed by atoms with Gasteiger partial charge in [-0.25, -0.2) is 0 Å². The third-order valence-electron chi connectivity index (χ3n) is 3.24. The second-order valence-corrected chi connectivity index (χ2v) is 4.48. The standard InChI is InChI=1S/C12H25NO/c1-4-10(2)14-8-6-5-7-11-9-12(11)13-3/h10-13H,4-9H2,1-3H3/t10?,11-,12?/m0/s1. The van der Waals surface area contributed by atoms with Crippen LogP contribution in [0.2, 0.25) is 0 Å². The summed E-state index contributed by atoms with van der Waals surface area (Å²) in [7, 11) is 2.07. The lowest BCUT2D eigenvalue weighted by molar-refractivity contribution is 0.0606. The zero-order valence-electron chi connectivity index (χ0n) is 9.88. The van der Waals surface area contributed by atoms with Crippen molar-refractivity contribution < 1.29 is 4.74 Å². The third-order valence-corrected chi connectivity index (χ3v) is 3.24. The minimum Gasteiger partial charge on any atom is -0.379 e. The third kappa shape index (κ3) is 4.43. The molecule has 0 aromatic rings. The van der Waals surface area contributed by atoms with Crippen molar-refractivity contribution in [3.63, 3.8) is 0 Å². The van der Waals surface area contributed by atoms with Crippen molar-refractivity contribution in [2.45, 2.75) is 58.1 Å². The minimum absolute atomic E-state index is 0.445. The Morgan fingerprint density at radius 3 is 2.79 bits per heavy atom. The maximum absolute atomic E-state index is 5.63. The molecule has 0 aliphatic heterocycles. The van der Waals surface area contributed by atoms with E-state index in [4.69, 9.17) is 4.74 Å². The second kappa shape index (κ2) is 6.41. The summed E-state index contributed by atoms with van der Waals surface area (Å²) in [6, 6.07) is 0.825. The number of nitrogens with one attached hydrogen (secondary N) is 1. The van der Waals surface area contributed by atoms with E-state index in [0.717, 1.165) is 25.0 Å². The van der Waals surface area contributed by atoms with Crippen LogP contribution in [-0.2, 0) is 4.74 Å². The first-order valence-electron chi connectivity index (χ1n) is 6.06. The lowest BCUT2D eigenvalue weighted by atomic mass is 10.2. The molecule has 0 amide bonds. The van der Waals surface area contributed by atoms with E-state index in [1.54, 1.807) is 0 Å². The van der Waals surface area contributed by atoms with E-state index >= 15 is 0 Å². The minimum atomic E-state index is 0.445. The summed E-state index contributed by atoms with van der Waals surface area (Å²) in [6.45, 7) is 5.27. The van der Waals surface area contributed by atoms with Crippen molar-refractivity contribution in [2.75, 3.05) is 13.7 Å². The number of hydrogen-bond acceptors (Lipinski definition) is 2. The van der Waals surface area contributed by atoms with Crippen LogP contribution in [0.1, 0.15) is 46.0 Å². The van der Waals surface area contributed by atoms with Crippen molar-refractivity contribution in [2.24, 2.45) is 5.92 Å². The first-order chi connectivity index (χ1) is 6.77. The largest absolute Gasteiger partial charge is 0.379 e. The molecule has 1 saturated carbocycles. The van der Waals surface area contributed by atoms with Crippen LogP contribution in [0.3, 0.4) is 0 Å². The average molecular weight is 199 g/mol.